The van der Waals surface area contributed by atoms with Gasteiger partial charge in [0.15, 0.2) is 0 Å². The lowest BCUT2D eigenvalue weighted by atomic mass is 10.2. The molecule has 0 atom stereocenters. The van der Waals surface area contributed by atoms with Crippen LogP contribution >= 0.6 is 11.6 Å². The smallest absolute Gasteiger partial charge is 0.270 e. The van der Waals surface area contributed by atoms with Crippen molar-refractivity contribution in [2.75, 3.05) is 13.6 Å². The first-order valence-corrected chi connectivity index (χ1v) is 4.98. The maximum Gasteiger partial charge on any atom is 0.270 e. The van der Waals surface area contributed by atoms with Crippen LogP contribution in [0.5, 0.6) is 0 Å². The van der Waals surface area contributed by atoms with E-state index in [1.807, 2.05) is 0 Å². The van der Waals surface area contributed by atoms with Crippen LogP contribution in [0.25, 0.3) is 0 Å². The zero-order valence-corrected chi connectivity index (χ0v) is 9.77. The number of non-ortho nitro benzene ring substituents is 1. The minimum absolute atomic E-state index is 0.0682. The second-order valence-electron chi connectivity index (χ2n) is 3.29. The first-order chi connectivity index (χ1) is 7.97. The number of nitro benzene ring substituents is 1. The summed E-state index contributed by atoms with van der Waals surface area (Å²) in [6.07, 6.45) is 5.08. The van der Waals surface area contributed by atoms with E-state index in [1.54, 1.807) is 0 Å². The average molecular weight is 253 g/mol. The van der Waals surface area contributed by atoms with E-state index < -0.39 is 10.8 Å². The Hall–Kier alpha value is -2.06. The van der Waals surface area contributed by atoms with Crippen LogP contribution < -0.4 is 0 Å². The number of nitrogens with zero attached hydrogens (tertiary/aromatic N) is 2. The van der Waals surface area contributed by atoms with Crippen molar-refractivity contribution in [1.82, 2.24) is 4.90 Å². The zero-order chi connectivity index (χ0) is 13.0. The number of halogens is 1. The molecule has 1 aromatic carbocycles. The number of hydrogen-bond acceptors (Lipinski definition) is 3. The fourth-order valence-electron chi connectivity index (χ4n) is 1.21. The maximum absolute atomic E-state index is 11.9. The van der Waals surface area contributed by atoms with Gasteiger partial charge in [-0.05, 0) is 6.07 Å². The number of terminal acetylenes is 1. The standard InChI is InChI=1S/C11H9ClN2O3/c1-3-6-13(2)11(15)9-7-8(14(16)17)4-5-10(9)12/h1,4-5,7H,6H2,2H3. The first-order valence-electron chi connectivity index (χ1n) is 4.60. The van der Waals surface area contributed by atoms with Gasteiger partial charge in [0, 0.05) is 19.2 Å². The topological polar surface area (TPSA) is 63.5 Å². The minimum atomic E-state index is -0.589. The van der Waals surface area contributed by atoms with E-state index in [2.05, 4.69) is 5.92 Å². The highest BCUT2D eigenvalue weighted by Crippen LogP contribution is 2.23. The number of amides is 1. The summed E-state index contributed by atoms with van der Waals surface area (Å²) in [6, 6.07) is 3.69. The Morgan fingerprint density at radius 2 is 2.29 bits per heavy atom. The molecule has 17 heavy (non-hydrogen) atoms. The highest BCUT2D eigenvalue weighted by atomic mass is 35.5. The lowest BCUT2D eigenvalue weighted by Crippen LogP contribution is -2.27. The molecule has 0 bridgehead atoms. The Bertz CT molecular complexity index is 508. The third-order valence-electron chi connectivity index (χ3n) is 2.07. The van der Waals surface area contributed by atoms with Crippen LogP contribution in [0.2, 0.25) is 5.02 Å². The molecule has 0 saturated carbocycles. The number of carbonyl (C=O) groups is 1. The van der Waals surface area contributed by atoms with Crippen molar-refractivity contribution in [1.29, 1.82) is 0 Å². The summed E-state index contributed by atoms with van der Waals surface area (Å²) in [5.74, 6) is 1.86. The van der Waals surface area contributed by atoms with E-state index >= 15 is 0 Å². The predicted octanol–water partition coefficient (Wildman–Crippen LogP) is 1.95. The summed E-state index contributed by atoms with van der Waals surface area (Å²) in [4.78, 5) is 23.1. The minimum Gasteiger partial charge on any atom is -0.331 e. The van der Waals surface area contributed by atoms with Crippen LogP contribution in [0.4, 0.5) is 5.69 Å². The number of nitro groups is 1. The number of benzene rings is 1. The van der Waals surface area contributed by atoms with Crippen molar-refractivity contribution in [2.24, 2.45) is 0 Å². The SMILES string of the molecule is C#CCN(C)C(=O)c1cc([N+](=O)[O-])ccc1Cl. The van der Waals surface area contributed by atoms with Gasteiger partial charge in [-0.2, -0.15) is 0 Å². The molecule has 0 unspecified atom stereocenters. The van der Waals surface area contributed by atoms with Gasteiger partial charge in [-0.1, -0.05) is 17.5 Å². The molecule has 0 aliphatic rings. The largest absolute Gasteiger partial charge is 0.331 e. The van der Waals surface area contributed by atoms with Crippen LogP contribution in [0.3, 0.4) is 0 Å². The highest BCUT2D eigenvalue weighted by molar-refractivity contribution is 6.33. The van der Waals surface area contributed by atoms with Crippen molar-refractivity contribution in [3.63, 3.8) is 0 Å². The molecule has 0 aliphatic carbocycles. The van der Waals surface area contributed by atoms with Gasteiger partial charge in [0.2, 0.25) is 0 Å². The number of hydrogen-bond donors (Lipinski definition) is 0. The Balaban J connectivity index is 3.13. The number of carbonyl (C=O) groups excluding carboxylic acids is 1. The molecule has 0 saturated heterocycles. The molecule has 0 N–H and O–H groups in total. The van der Waals surface area contributed by atoms with Gasteiger partial charge >= 0.3 is 0 Å². The van der Waals surface area contributed by atoms with Crippen LogP contribution in [0, 0.1) is 22.5 Å². The molecule has 0 fully saturated rings. The van der Waals surface area contributed by atoms with Crippen molar-refractivity contribution < 1.29 is 9.72 Å². The van der Waals surface area contributed by atoms with Gasteiger partial charge in [-0.25, -0.2) is 0 Å². The lowest BCUT2D eigenvalue weighted by molar-refractivity contribution is -0.384. The molecule has 5 nitrogen and oxygen atoms in total. The molecule has 88 valence electrons. The van der Waals surface area contributed by atoms with E-state index in [0.29, 0.717) is 0 Å². The second-order valence-corrected chi connectivity index (χ2v) is 3.69. The lowest BCUT2D eigenvalue weighted by Gasteiger charge is -2.14. The summed E-state index contributed by atoms with van der Waals surface area (Å²) in [5, 5.41) is 10.7. The summed E-state index contributed by atoms with van der Waals surface area (Å²) in [6.45, 7) is 0.109. The normalized spacial score (nSPS) is 9.47. The molecule has 0 radical (unpaired) electrons. The van der Waals surface area contributed by atoms with E-state index in [-0.39, 0.29) is 22.8 Å². The Labute approximate surface area is 103 Å². The van der Waals surface area contributed by atoms with E-state index in [4.69, 9.17) is 18.0 Å². The third-order valence-corrected chi connectivity index (χ3v) is 2.40. The van der Waals surface area contributed by atoms with E-state index in [9.17, 15) is 14.9 Å². The average Bonchev–Trinajstić information content (AvgIpc) is 2.28. The quantitative estimate of drug-likeness (QED) is 0.469. The van der Waals surface area contributed by atoms with Crippen LogP contribution in [-0.4, -0.2) is 29.3 Å². The number of rotatable bonds is 3. The molecule has 1 aromatic rings. The molecular weight excluding hydrogens is 244 g/mol. The predicted molar refractivity (Wildman–Crippen MR) is 63.9 cm³/mol. The molecule has 1 amide bonds. The zero-order valence-electron chi connectivity index (χ0n) is 9.01. The van der Waals surface area contributed by atoms with Gasteiger partial charge in [-0.3, -0.25) is 14.9 Å². The summed E-state index contributed by atoms with van der Waals surface area (Å²) < 4.78 is 0. The molecule has 0 spiro atoms. The fourth-order valence-corrected chi connectivity index (χ4v) is 1.40. The van der Waals surface area contributed by atoms with E-state index in [1.165, 1.54) is 24.1 Å². The Kier molecular flexibility index (Phi) is 4.07. The van der Waals surface area contributed by atoms with Gasteiger partial charge in [0.1, 0.15) is 0 Å². The van der Waals surface area contributed by atoms with E-state index in [0.717, 1.165) is 6.07 Å². The van der Waals surface area contributed by atoms with Gasteiger partial charge < -0.3 is 4.90 Å². The Morgan fingerprint density at radius 1 is 1.65 bits per heavy atom. The first kappa shape index (κ1) is 13.0. The van der Waals surface area contributed by atoms with Crippen molar-refractivity contribution in [2.45, 2.75) is 0 Å². The van der Waals surface area contributed by atoms with Crippen LogP contribution in [0.1, 0.15) is 10.4 Å². The molecule has 0 heterocycles. The maximum atomic E-state index is 11.9. The fraction of sp³-hybridized carbons (Fsp3) is 0.182. The monoisotopic (exact) mass is 252 g/mol. The molecule has 0 aliphatic heterocycles. The molecule has 0 aromatic heterocycles. The highest BCUT2D eigenvalue weighted by Gasteiger charge is 2.18. The summed E-state index contributed by atoms with van der Waals surface area (Å²) in [7, 11) is 1.50. The summed E-state index contributed by atoms with van der Waals surface area (Å²) >= 11 is 5.82. The molecule has 1 rings (SSSR count). The van der Waals surface area contributed by atoms with Crippen molar-refractivity contribution in [3.05, 3.63) is 38.9 Å². The van der Waals surface area contributed by atoms with Crippen LogP contribution in [0.15, 0.2) is 18.2 Å². The summed E-state index contributed by atoms with van der Waals surface area (Å²) in [5.41, 5.74) is -0.120. The van der Waals surface area contributed by atoms with Gasteiger partial charge in [0.05, 0.1) is 22.1 Å². The van der Waals surface area contributed by atoms with Gasteiger partial charge in [0.25, 0.3) is 11.6 Å². The molecule has 6 heteroatoms. The van der Waals surface area contributed by atoms with Crippen molar-refractivity contribution >= 4 is 23.2 Å². The second kappa shape index (κ2) is 5.32. The third kappa shape index (κ3) is 2.95. The molecular formula is C11H9ClN2O3. The van der Waals surface area contributed by atoms with Crippen molar-refractivity contribution in [3.8, 4) is 12.3 Å². The van der Waals surface area contributed by atoms with Crippen LogP contribution in [-0.2, 0) is 0 Å². The van der Waals surface area contributed by atoms with Gasteiger partial charge in [-0.15, -0.1) is 6.42 Å². The Morgan fingerprint density at radius 3 is 2.82 bits per heavy atom.